The van der Waals surface area contributed by atoms with E-state index in [1.54, 1.807) is 12.1 Å². The van der Waals surface area contributed by atoms with Gasteiger partial charge in [0.15, 0.2) is 0 Å². The Morgan fingerprint density at radius 1 is 1.13 bits per heavy atom. The van der Waals surface area contributed by atoms with E-state index in [0.29, 0.717) is 5.76 Å². The van der Waals surface area contributed by atoms with E-state index in [4.69, 9.17) is 4.42 Å². The Morgan fingerprint density at radius 3 is 2.65 bits per heavy atom. The highest BCUT2D eigenvalue weighted by Gasteiger charge is 2.26. The molecule has 0 bridgehead atoms. The number of hydrogen-bond donors (Lipinski definition) is 0. The summed E-state index contributed by atoms with van der Waals surface area (Å²) in [5, 5.41) is 3.77. The fraction of sp³-hybridized carbons (Fsp3) is 0.125. The van der Waals surface area contributed by atoms with Gasteiger partial charge in [-0.15, -0.1) is 0 Å². The van der Waals surface area contributed by atoms with Crippen LogP contribution in [0.25, 0.3) is 0 Å². The second-order valence-corrected chi connectivity index (χ2v) is 7.66. The summed E-state index contributed by atoms with van der Waals surface area (Å²) in [6.07, 6.45) is 1.49. The highest BCUT2D eigenvalue weighted by Crippen LogP contribution is 2.22. The van der Waals surface area contributed by atoms with E-state index >= 15 is 0 Å². The van der Waals surface area contributed by atoms with Crippen molar-refractivity contribution in [2.24, 2.45) is 0 Å². The number of furan rings is 1. The minimum atomic E-state index is -3.84. The van der Waals surface area contributed by atoms with Gasteiger partial charge in [-0.05, 0) is 52.7 Å². The van der Waals surface area contributed by atoms with Crippen LogP contribution in [0.4, 0.5) is 4.39 Å². The van der Waals surface area contributed by atoms with Crippen molar-refractivity contribution in [3.63, 3.8) is 0 Å². The van der Waals surface area contributed by atoms with Crippen LogP contribution < -0.4 is 0 Å². The smallest absolute Gasteiger partial charge is 0.243 e. The van der Waals surface area contributed by atoms with Gasteiger partial charge in [0, 0.05) is 6.54 Å². The van der Waals surface area contributed by atoms with Crippen LogP contribution in [0.15, 0.2) is 68.8 Å². The van der Waals surface area contributed by atoms with Crippen LogP contribution in [0.3, 0.4) is 0 Å². The third kappa shape index (κ3) is 3.69. The Morgan fingerprint density at radius 2 is 2.00 bits per heavy atom. The van der Waals surface area contributed by atoms with Gasteiger partial charge in [0.25, 0.3) is 0 Å². The van der Waals surface area contributed by atoms with Crippen LogP contribution in [0.5, 0.6) is 0 Å². The van der Waals surface area contributed by atoms with Crippen LogP contribution in [0.2, 0.25) is 0 Å². The summed E-state index contributed by atoms with van der Waals surface area (Å²) in [5.41, 5.74) is 0.876. The average molecular weight is 351 g/mol. The van der Waals surface area contributed by atoms with E-state index in [-0.39, 0.29) is 18.0 Å². The fourth-order valence-corrected chi connectivity index (χ4v) is 4.25. The van der Waals surface area contributed by atoms with Gasteiger partial charge >= 0.3 is 0 Å². The molecule has 0 fully saturated rings. The quantitative estimate of drug-likeness (QED) is 0.677. The van der Waals surface area contributed by atoms with Crippen molar-refractivity contribution in [2.75, 3.05) is 0 Å². The molecule has 3 aromatic rings. The minimum Gasteiger partial charge on any atom is -0.468 e. The Labute approximate surface area is 137 Å². The van der Waals surface area contributed by atoms with Crippen molar-refractivity contribution >= 4 is 21.4 Å². The van der Waals surface area contributed by atoms with Gasteiger partial charge in [0.2, 0.25) is 10.0 Å². The first-order valence-electron chi connectivity index (χ1n) is 6.85. The molecule has 23 heavy (non-hydrogen) atoms. The normalized spacial score (nSPS) is 11.9. The number of halogens is 1. The van der Waals surface area contributed by atoms with Gasteiger partial charge < -0.3 is 4.42 Å². The molecule has 3 rings (SSSR count). The number of sulfonamides is 1. The molecule has 0 atom stereocenters. The third-order valence-corrected chi connectivity index (χ3v) is 5.80. The second kappa shape index (κ2) is 6.66. The molecule has 0 aliphatic heterocycles. The number of nitrogens with zero attached hydrogens (tertiary/aromatic N) is 1. The lowest BCUT2D eigenvalue weighted by Gasteiger charge is -2.21. The maximum absolute atomic E-state index is 13.4. The zero-order valence-electron chi connectivity index (χ0n) is 12.1. The maximum atomic E-state index is 13.4. The molecule has 0 amide bonds. The standard InChI is InChI=1S/C16H14FNO3S2/c17-14-3-1-5-16(9-14)23(19,20)18(10-13-6-8-22-12-13)11-15-4-2-7-21-15/h1-9,12H,10-11H2. The first-order valence-corrected chi connectivity index (χ1v) is 9.23. The molecule has 2 aromatic heterocycles. The predicted octanol–water partition coefficient (Wildman–Crippen LogP) is 3.87. The van der Waals surface area contributed by atoms with E-state index in [0.717, 1.165) is 11.6 Å². The van der Waals surface area contributed by atoms with Gasteiger partial charge in [-0.2, -0.15) is 15.6 Å². The van der Waals surface area contributed by atoms with Crippen molar-refractivity contribution < 1.29 is 17.2 Å². The van der Waals surface area contributed by atoms with E-state index < -0.39 is 15.8 Å². The average Bonchev–Trinajstić information content (AvgIpc) is 3.20. The van der Waals surface area contributed by atoms with E-state index in [2.05, 4.69) is 0 Å². The summed E-state index contributed by atoms with van der Waals surface area (Å²) in [6.45, 7) is 0.282. The predicted molar refractivity (Wildman–Crippen MR) is 85.9 cm³/mol. The Bertz CT molecular complexity index is 822. The number of thiophene rings is 1. The zero-order chi connectivity index (χ0) is 16.3. The Hall–Kier alpha value is -1.96. The minimum absolute atomic E-state index is 0.0701. The van der Waals surface area contributed by atoms with Gasteiger partial charge in [0.05, 0.1) is 17.7 Å². The molecule has 2 heterocycles. The molecule has 0 N–H and O–H groups in total. The lowest BCUT2D eigenvalue weighted by molar-refractivity contribution is 0.358. The number of benzene rings is 1. The van der Waals surface area contributed by atoms with E-state index in [1.165, 1.54) is 40.1 Å². The third-order valence-electron chi connectivity index (χ3n) is 3.29. The summed E-state index contributed by atoms with van der Waals surface area (Å²) in [6, 6.07) is 10.3. The molecule has 4 nitrogen and oxygen atoms in total. The molecule has 0 aliphatic rings. The number of rotatable bonds is 6. The maximum Gasteiger partial charge on any atom is 0.243 e. The van der Waals surface area contributed by atoms with Crippen LogP contribution in [0.1, 0.15) is 11.3 Å². The molecular weight excluding hydrogens is 337 g/mol. The molecule has 0 saturated heterocycles. The fourth-order valence-electron chi connectivity index (χ4n) is 2.16. The van der Waals surface area contributed by atoms with Crippen molar-refractivity contribution in [1.82, 2.24) is 4.31 Å². The topological polar surface area (TPSA) is 50.5 Å². The van der Waals surface area contributed by atoms with Gasteiger partial charge in [-0.3, -0.25) is 0 Å². The molecule has 7 heteroatoms. The zero-order valence-corrected chi connectivity index (χ0v) is 13.7. The SMILES string of the molecule is O=S(=O)(c1cccc(F)c1)N(Cc1ccsc1)Cc1ccco1. The van der Waals surface area contributed by atoms with E-state index in [1.807, 2.05) is 16.8 Å². The Balaban J connectivity index is 1.95. The summed E-state index contributed by atoms with van der Waals surface area (Å²) in [5.74, 6) is -0.0558. The van der Waals surface area contributed by atoms with Crippen molar-refractivity contribution in [1.29, 1.82) is 0 Å². The molecule has 0 unspecified atom stereocenters. The van der Waals surface area contributed by atoms with Gasteiger partial charge in [-0.25, -0.2) is 12.8 Å². The lowest BCUT2D eigenvalue weighted by atomic mass is 10.3. The molecule has 0 spiro atoms. The van der Waals surface area contributed by atoms with Crippen LogP contribution >= 0.6 is 11.3 Å². The number of hydrogen-bond acceptors (Lipinski definition) is 4. The monoisotopic (exact) mass is 351 g/mol. The second-order valence-electron chi connectivity index (χ2n) is 4.94. The molecule has 120 valence electrons. The van der Waals surface area contributed by atoms with Gasteiger partial charge in [0.1, 0.15) is 11.6 Å². The largest absolute Gasteiger partial charge is 0.468 e. The highest BCUT2D eigenvalue weighted by atomic mass is 32.2. The van der Waals surface area contributed by atoms with Crippen molar-refractivity contribution in [3.05, 3.63) is 76.6 Å². The summed E-state index contributed by atoms with van der Waals surface area (Å²) < 4.78 is 45.7. The molecule has 0 aliphatic carbocycles. The molecular formula is C16H14FNO3S2. The van der Waals surface area contributed by atoms with Crippen molar-refractivity contribution in [2.45, 2.75) is 18.0 Å². The van der Waals surface area contributed by atoms with Crippen LogP contribution in [-0.4, -0.2) is 12.7 Å². The first kappa shape index (κ1) is 15.9. The van der Waals surface area contributed by atoms with Gasteiger partial charge in [-0.1, -0.05) is 6.07 Å². The summed E-state index contributed by atoms with van der Waals surface area (Å²) in [4.78, 5) is -0.0701. The molecule has 0 saturated carbocycles. The summed E-state index contributed by atoms with van der Waals surface area (Å²) >= 11 is 1.49. The lowest BCUT2D eigenvalue weighted by Crippen LogP contribution is -2.30. The first-order chi connectivity index (χ1) is 11.1. The molecule has 1 aromatic carbocycles. The summed E-state index contributed by atoms with van der Waals surface area (Å²) in [7, 11) is -3.84. The van der Waals surface area contributed by atoms with E-state index in [9.17, 15) is 12.8 Å². The molecule has 0 radical (unpaired) electrons. The Kier molecular flexibility index (Phi) is 4.61. The van der Waals surface area contributed by atoms with Crippen LogP contribution in [0, 0.1) is 5.82 Å². The van der Waals surface area contributed by atoms with Crippen molar-refractivity contribution in [3.8, 4) is 0 Å². The highest BCUT2D eigenvalue weighted by molar-refractivity contribution is 7.89. The van der Waals surface area contributed by atoms with Crippen LogP contribution in [-0.2, 0) is 23.1 Å².